The van der Waals surface area contributed by atoms with Gasteiger partial charge in [0.1, 0.15) is 12.2 Å². The first-order chi connectivity index (χ1) is 13.5. The van der Waals surface area contributed by atoms with Crippen LogP contribution in [0.4, 0.5) is 0 Å². The van der Waals surface area contributed by atoms with Gasteiger partial charge in [0.05, 0.1) is 10.4 Å². The van der Waals surface area contributed by atoms with Crippen molar-refractivity contribution in [3.63, 3.8) is 0 Å². The normalized spacial score (nSPS) is 11.0. The summed E-state index contributed by atoms with van der Waals surface area (Å²) in [6.07, 6.45) is 0. The SMILES string of the molecule is O=c1c(OCc2ccc(Br)cc2)c(-c2ccc(Cl)cc2Cl)oc2ccccc12. The average Bonchev–Trinajstić information content (AvgIpc) is 2.69. The number of ether oxygens (including phenoxy) is 1. The molecule has 0 N–H and O–H groups in total. The Labute approximate surface area is 179 Å². The summed E-state index contributed by atoms with van der Waals surface area (Å²) in [5.74, 6) is 0.397. The minimum absolute atomic E-state index is 0.117. The van der Waals surface area contributed by atoms with Gasteiger partial charge in [-0.1, -0.05) is 63.4 Å². The van der Waals surface area contributed by atoms with Crippen molar-refractivity contribution < 1.29 is 9.15 Å². The molecule has 0 radical (unpaired) electrons. The lowest BCUT2D eigenvalue weighted by Crippen LogP contribution is -2.10. The molecule has 0 bridgehead atoms. The van der Waals surface area contributed by atoms with E-state index in [1.54, 1.807) is 42.5 Å². The second kappa shape index (κ2) is 8.00. The second-order valence-corrected chi connectivity index (χ2v) is 7.88. The Hall–Kier alpha value is -2.27. The van der Waals surface area contributed by atoms with Crippen LogP contribution >= 0.6 is 39.1 Å². The molecule has 1 aromatic heterocycles. The van der Waals surface area contributed by atoms with Crippen LogP contribution in [0.1, 0.15) is 5.56 Å². The van der Waals surface area contributed by atoms with Crippen LogP contribution in [0.2, 0.25) is 10.0 Å². The summed E-state index contributed by atoms with van der Waals surface area (Å²) < 4.78 is 12.9. The smallest absolute Gasteiger partial charge is 0.235 e. The number of halogens is 3. The third-order valence-corrected chi connectivity index (χ3v) is 5.30. The van der Waals surface area contributed by atoms with Gasteiger partial charge in [-0.15, -0.1) is 0 Å². The molecule has 0 fully saturated rings. The number of hydrogen-bond acceptors (Lipinski definition) is 3. The molecule has 0 saturated carbocycles. The van der Waals surface area contributed by atoms with Gasteiger partial charge in [-0.2, -0.15) is 0 Å². The van der Waals surface area contributed by atoms with Crippen molar-refractivity contribution >= 4 is 50.1 Å². The van der Waals surface area contributed by atoms with E-state index in [0.717, 1.165) is 10.0 Å². The molecular formula is C22H13BrCl2O3. The van der Waals surface area contributed by atoms with Crippen LogP contribution in [0.25, 0.3) is 22.3 Å². The number of fused-ring (bicyclic) bond motifs is 1. The topological polar surface area (TPSA) is 39.4 Å². The molecule has 0 spiro atoms. The lowest BCUT2D eigenvalue weighted by atomic mass is 10.1. The summed E-state index contributed by atoms with van der Waals surface area (Å²) in [4.78, 5) is 13.1. The summed E-state index contributed by atoms with van der Waals surface area (Å²) in [6, 6.07) is 19.7. The molecule has 1 heterocycles. The van der Waals surface area contributed by atoms with Crippen LogP contribution in [-0.2, 0) is 6.61 Å². The third kappa shape index (κ3) is 3.81. The number of para-hydroxylation sites is 1. The number of hydrogen-bond donors (Lipinski definition) is 0. The van der Waals surface area contributed by atoms with Crippen molar-refractivity contribution in [2.24, 2.45) is 0 Å². The van der Waals surface area contributed by atoms with E-state index in [2.05, 4.69) is 15.9 Å². The molecule has 0 aliphatic carbocycles. The summed E-state index contributed by atoms with van der Waals surface area (Å²) in [5, 5.41) is 1.32. The van der Waals surface area contributed by atoms with Crippen LogP contribution < -0.4 is 10.2 Å². The predicted molar refractivity (Wildman–Crippen MR) is 116 cm³/mol. The van der Waals surface area contributed by atoms with Crippen molar-refractivity contribution in [3.05, 3.63) is 97.0 Å². The maximum absolute atomic E-state index is 13.1. The zero-order valence-electron chi connectivity index (χ0n) is 14.4. The highest BCUT2D eigenvalue weighted by molar-refractivity contribution is 9.10. The molecule has 0 aliphatic rings. The second-order valence-electron chi connectivity index (χ2n) is 6.12. The van der Waals surface area contributed by atoms with Gasteiger partial charge in [-0.05, 0) is 48.0 Å². The quantitative estimate of drug-likeness (QED) is 0.315. The van der Waals surface area contributed by atoms with Gasteiger partial charge < -0.3 is 9.15 Å². The van der Waals surface area contributed by atoms with E-state index in [1.165, 1.54) is 0 Å². The Morgan fingerprint density at radius 1 is 0.964 bits per heavy atom. The molecule has 0 atom stereocenters. The number of rotatable bonds is 4. The number of benzene rings is 3. The van der Waals surface area contributed by atoms with Gasteiger partial charge in [0.2, 0.25) is 11.2 Å². The summed E-state index contributed by atoms with van der Waals surface area (Å²) >= 11 is 15.8. The minimum Gasteiger partial charge on any atom is -0.481 e. The van der Waals surface area contributed by atoms with Crippen LogP contribution in [0.5, 0.6) is 5.75 Å². The highest BCUT2D eigenvalue weighted by atomic mass is 79.9. The van der Waals surface area contributed by atoms with Gasteiger partial charge in [0.15, 0.2) is 5.76 Å². The van der Waals surface area contributed by atoms with Gasteiger partial charge in [-0.25, -0.2) is 0 Å². The van der Waals surface area contributed by atoms with E-state index in [1.807, 2.05) is 24.3 Å². The molecule has 4 aromatic rings. The minimum atomic E-state index is -0.250. The largest absolute Gasteiger partial charge is 0.481 e. The lowest BCUT2D eigenvalue weighted by Gasteiger charge is -2.13. The van der Waals surface area contributed by atoms with Gasteiger partial charge >= 0.3 is 0 Å². The summed E-state index contributed by atoms with van der Waals surface area (Å²) in [7, 11) is 0. The zero-order valence-corrected chi connectivity index (χ0v) is 17.5. The van der Waals surface area contributed by atoms with Crippen molar-refractivity contribution in [3.8, 4) is 17.1 Å². The first-order valence-corrected chi connectivity index (χ1v) is 9.96. The summed E-state index contributed by atoms with van der Waals surface area (Å²) in [5.41, 5.74) is 1.67. The highest BCUT2D eigenvalue weighted by Crippen LogP contribution is 2.36. The molecule has 6 heteroatoms. The first kappa shape index (κ1) is 19.1. The van der Waals surface area contributed by atoms with Crippen molar-refractivity contribution in [1.29, 1.82) is 0 Å². The van der Waals surface area contributed by atoms with Crippen molar-refractivity contribution in [2.45, 2.75) is 6.61 Å². The maximum atomic E-state index is 13.1. The van der Waals surface area contributed by atoms with E-state index in [0.29, 0.717) is 26.6 Å². The lowest BCUT2D eigenvalue weighted by molar-refractivity contribution is 0.298. The molecule has 140 valence electrons. The fourth-order valence-electron chi connectivity index (χ4n) is 2.84. The zero-order chi connectivity index (χ0) is 19.7. The van der Waals surface area contributed by atoms with Gasteiger partial charge in [-0.3, -0.25) is 4.79 Å². The van der Waals surface area contributed by atoms with Crippen molar-refractivity contribution in [1.82, 2.24) is 0 Å². The van der Waals surface area contributed by atoms with Crippen molar-refractivity contribution in [2.75, 3.05) is 0 Å². The van der Waals surface area contributed by atoms with E-state index < -0.39 is 0 Å². The molecule has 3 aromatic carbocycles. The summed E-state index contributed by atoms with van der Waals surface area (Å²) in [6.45, 7) is 0.217. The molecule has 3 nitrogen and oxygen atoms in total. The highest BCUT2D eigenvalue weighted by Gasteiger charge is 2.20. The fourth-order valence-corrected chi connectivity index (χ4v) is 3.60. The predicted octanol–water partition coefficient (Wildman–Crippen LogP) is 7.11. The van der Waals surface area contributed by atoms with Crippen LogP contribution in [0.3, 0.4) is 0 Å². The molecule has 28 heavy (non-hydrogen) atoms. The molecule has 0 amide bonds. The third-order valence-electron chi connectivity index (χ3n) is 4.23. The Balaban J connectivity index is 1.85. The van der Waals surface area contributed by atoms with Crippen LogP contribution in [-0.4, -0.2) is 0 Å². The molecular weight excluding hydrogens is 463 g/mol. The maximum Gasteiger partial charge on any atom is 0.235 e. The van der Waals surface area contributed by atoms with Gasteiger partial charge in [0.25, 0.3) is 0 Å². The van der Waals surface area contributed by atoms with Gasteiger partial charge in [0, 0.05) is 15.1 Å². The Morgan fingerprint density at radius 2 is 1.71 bits per heavy atom. The molecule has 0 saturated heterocycles. The first-order valence-electron chi connectivity index (χ1n) is 8.41. The Bertz CT molecular complexity index is 1220. The molecule has 4 rings (SSSR count). The monoisotopic (exact) mass is 474 g/mol. The molecule has 0 aliphatic heterocycles. The van der Waals surface area contributed by atoms with E-state index >= 15 is 0 Å². The fraction of sp³-hybridized carbons (Fsp3) is 0.0455. The standard InChI is InChI=1S/C22H13BrCl2O3/c23-14-7-5-13(6-8-14)12-27-22-20(26)17-3-1-2-4-19(17)28-21(22)16-10-9-15(24)11-18(16)25/h1-11H,12H2. The van der Waals surface area contributed by atoms with E-state index in [-0.39, 0.29) is 23.5 Å². The Kier molecular flexibility index (Phi) is 5.44. The van der Waals surface area contributed by atoms with E-state index in [4.69, 9.17) is 32.4 Å². The van der Waals surface area contributed by atoms with Crippen LogP contribution in [0, 0.1) is 0 Å². The molecule has 0 unspecified atom stereocenters. The van der Waals surface area contributed by atoms with E-state index in [9.17, 15) is 4.79 Å². The Morgan fingerprint density at radius 3 is 2.46 bits per heavy atom. The average molecular weight is 476 g/mol. The van der Waals surface area contributed by atoms with Crippen LogP contribution in [0.15, 0.2) is 80.4 Å².